The molecule has 1 heterocycles. The average Bonchev–Trinajstić information content (AvgIpc) is 2.78. The molecular formula is C19H27FN4O3. The summed E-state index contributed by atoms with van der Waals surface area (Å²) in [6.45, 7) is 4.13. The minimum atomic E-state index is -0.665. The van der Waals surface area contributed by atoms with Crippen LogP contribution in [0.1, 0.15) is 33.1 Å². The second-order valence-electron chi connectivity index (χ2n) is 7.24. The van der Waals surface area contributed by atoms with E-state index in [0.717, 1.165) is 0 Å². The molecule has 7 nitrogen and oxygen atoms in total. The Hall–Kier alpha value is -2.48. The van der Waals surface area contributed by atoms with Gasteiger partial charge in [-0.3, -0.25) is 9.59 Å². The number of nitrogens with one attached hydrogen (secondary N) is 2. The highest BCUT2D eigenvalue weighted by Gasteiger charge is 2.29. The fourth-order valence-electron chi connectivity index (χ4n) is 3.00. The van der Waals surface area contributed by atoms with Gasteiger partial charge in [0.25, 0.3) is 0 Å². The SMILES string of the molecule is CC(C)C[C@H](N)C(=O)NC1CCCN(C(=O)Nc2ccccc2F)CC1=O. The van der Waals surface area contributed by atoms with Gasteiger partial charge in [-0.1, -0.05) is 26.0 Å². The highest BCUT2D eigenvalue weighted by atomic mass is 19.1. The minimum absolute atomic E-state index is 0.0590. The van der Waals surface area contributed by atoms with Gasteiger partial charge in [0.05, 0.1) is 24.3 Å². The molecule has 8 heteroatoms. The zero-order chi connectivity index (χ0) is 20.0. The van der Waals surface area contributed by atoms with E-state index in [4.69, 9.17) is 5.73 Å². The Morgan fingerprint density at radius 1 is 1.33 bits per heavy atom. The Morgan fingerprint density at radius 2 is 2.04 bits per heavy atom. The number of nitrogens with zero attached hydrogens (tertiary/aromatic N) is 1. The Labute approximate surface area is 158 Å². The summed E-state index contributed by atoms with van der Waals surface area (Å²) in [7, 11) is 0. The number of halogens is 1. The fourth-order valence-corrected chi connectivity index (χ4v) is 3.00. The summed E-state index contributed by atoms with van der Waals surface area (Å²) >= 11 is 0. The van der Waals surface area contributed by atoms with E-state index in [1.807, 2.05) is 13.8 Å². The van der Waals surface area contributed by atoms with E-state index in [9.17, 15) is 18.8 Å². The summed E-state index contributed by atoms with van der Waals surface area (Å²) < 4.78 is 13.7. The van der Waals surface area contributed by atoms with Crippen LogP contribution in [0.2, 0.25) is 0 Å². The van der Waals surface area contributed by atoms with Crippen molar-refractivity contribution in [2.45, 2.75) is 45.2 Å². The molecule has 2 rings (SSSR count). The summed E-state index contributed by atoms with van der Waals surface area (Å²) in [4.78, 5) is 38.3. The molecule has 3 amide bonds. The lowest BCUT2D eigenvalue weighted by atomic mass is 10.0. The zero-order valence-electron chi connectivity index (χ0n) is 15.7. The van der Waals surface area contributed by atoms with Crippen molar-refractivity contribution in [2.24, 2.45) is 11.7 Å². The lowest BCUT2D eigenvalue weighted by molar-refractivity contribution is -0.128. The first-order valence-corrected chi connectivity index (χ1v) is 9.17. The van der Waals surface area contributed by atoms with Gasteiger partial charge in [0.2, 0.25) is 5.91 Å². The van der Waals surface area contributed by atoms with Gasteiger partial charge in [0.15, 0.2) is 5.78 Å². The van der Waals surface area contributed by atoms with Crippen LogP contribution in [0.3, 0.4) is 0 Å². The van der Waals surface area contributed by atoms with Crippen LogP contribution in [0.4, 0.5) is 14.9 Å². The highest BCUT2D eigenvalue weighted by molar-refractivity contribution is 5.96. The highest BCUT2D eigenvalue weighted by Crippen LogP contribution is 2.15. The molecule has 0 aliphatic carbocycles. The van der Waals surface area contributed by atoms with E-state index in [-0.39, 0.29) is 29.8 Å². The first-order valence-electron chi connectivity index (χ1n) is 9.17. The maximum Gasteiger partial charge on any atom is 0.322 e. The van der Waals surface area contributed by atoms with Gasteiger partial charge in [-0.25, -0.2) is 9.18 Å². The van der Waals surface area contributed by atoms with Crippen LogP contribution < -0.4 is 16.4 Å². The van der Waals surface area contributed by atoms with Crippen molar-refractivity contribution in [1.29, 1.82) is 0 Å². The maximum absolute atomic E-state index is 13.7. The van der Waals surface area contributed by atoms with Crippen LogP contribution in [-0.4, -0.2) is 47.8 Å². The van der Waals surface area contributed by atoms with Gasteiger partial charge < -0.3 is 21.3 Å². The Kier molecular flexibility index (Phi) is 7.29. The number of nitrogens with two attached hydrogens (primary N) is 1. The molecular weight excluding hydrogens is 351 g/mol. The number of rotatable bonds is 5. The third-order valence-corrected chi connectivity index (χ3v) is 4.44. The minimum Gasteiger partial charge on any atom is -0.345 e. The van der Waals surface area contributed by atoms with Crippen LogP contribution in [-0.2, 0) is 9.59 Å². The van der Waals surface area contributed by atoms with E-state index in [1.165, 1.54) is 23.1 Å². The Morgan fingerprint density at radius 3 is 2.70 bits per heavy atom. The summed E-state index contributed by atoms with van der Waals surface area (Å²) in [6, 6.07) is 3.96. The number of para-hydroxylation sites is 1. The van der Waals surface area contributed by atoms with Crippen molar-refractivity contribution in [3.05, 3.63) is 30.1 Å². The fraction of sp³-hybridized carbons (Fsp3) is 0.526. The first-order chi connectivity index (χ1) is 12.8. The molecule has 0 saturated carbocycles. The van der Waals surface area contributed by atoms with Crippen LogP contribution >= 0.6 is 0 Å². The number of ketones is 1. The Balaban J connectivity index is 1.94. The van der Waals surface area contributed by atoms with Crippen molar-refractivity contribution in [3.63, 3.8) is 0 Å². The van der Waals surface area contributed by atoms with E-state index >= 15 is 0 Å². The van der Waals surface area contributed by atoms with Crippen molar-refractivity contribution in [3.8, 4) is 0 Å². The summed E-state index contributed by atoms with van der Waals surface area (Å²) in [6.07, 6.45) is 1.51. The molecule has 1 aliphatic heterocycles. The summed E-state index contributed by atoms with van der Waals surface area (Å²) in [5.74, 6) is -0.892. The van der Waals surface area contributed by atoms with Gasteiger partial charge in [-0.05, 0) is 37.3 Å². The molecule has 1 aromatic carbocycles. The van der Waals surface area contributed by atoms with Crippen LogP contribution in [0.15, 0.2) is 24.3 Å². The van der Waals surface area contributed by atoms with Crippen molar-refractivity contribution >= 4 is 23.4 Å². The molecule has 27 heavy (non-hydrogen) atoms. The van der Waals surface area contributed by atoms with Gasteiger partial charge >= 0.3 is 6.03 Å². The number of hydrogen-bond donors (Lipinski definition) is 3. The smallest absolute Gasteiger partial charge is 0.322 e. The molecule has 4 N–H and O–H groups in total. The van der Waals surface area contributed by atoms with E-state index in [1.54, 1.807) is 6.07 Å². The third kappa shape index (κ3) is 6.02. The van der Waals surface area contributed by atoms with Gasteiger partial charge in [0, 0.05) is 6.54 Å². The first kappa shape index (κ1) is 20.8. The number of carbonyl (C=O) groups excluding carboxylic acids is 3. The van der Waals surface area contributed by atoms with Crippen molar-refractivity contribution < 1.29 is 18.8 Å². The topological polar surface area (TPSA) is 105 Å². The molecule has 0 aromatic heterocycles. The predicted molar refractivity (Wildman–Crippen MR) is 101 cm³/mol. The average molecular weight is 378 g/mol. The number of carbonyl (C=O) groups is 3. The molecule has 1 unspecified atom stereocenters. The molecule has 1 fully saturated rings. The van der Waals surface area contributed by atoms with Gasteiger partial charge in [-0.2, -0.15) is 0 Å². The molecule has 1 saturated heterocycles. The third-order valence-electron chi connectivity index (χ3n) is 4.44. The van der Waals surface area contributed by atoms with E-state index in [2.05, 4.69) is 10.6 Å². The lowest BCUT2D eigenvalue weighted by Gasteiger charge is -2.21. The van der Waals surface area contributed by atoms with Crippen LogP contribution in [0, 0.1) is 11.7 Å². The second-order valence-corrected chi connectivity index (χ2v) is 7.24. The Bertz CT molecular complexity index is 695. The second kappa shape index (κ2) is 9.45. The lowest BCUT2D eigenvalue weighted by Crippen LogP contribution is -2.50. The van der Waals surface area contributed by atoms with E-state index in [0.29, 0.717) is 25.8 Å². The number of amides is 3. The molecule has 148 valence electrons. The molecule has 0 radical (unpaired) electrons. The molecule has 1 aliphatic rings. The monoisotopic (exact) mass is 378 g/mol. The van der Waals surface area contributed by atoms with Crippen molar-refractivity contribution in [2.75, 3.05) is 18.4 Å². The summed E-state index contributed by atoms with van der Waals surface area (Å²) in [5, 5.41) is 5.18. The van der Waals surface area contributed by atoms with E-state index < -0.39 is 23.9 Å². The largest absolute Gasteiger partial charge is 0.345 e. The normalized spacial score (nSPS) is 18.8. The summed E-state index contributed by atoms with van der Waals surface area (Å²) in [5.41, 5.74) is 5.92. The standard InChI is InChI=1S/C19H27FN4O3/c1-12(2)10-14(21)18(26)22-16-8-5-9-24(11-17(16)25)19(27)23-15-7-4-3-6-13(15)20/h3-4,6-7,12,14,16H,5,8-11,21H2,1-2H3,(H,22,26)(H,23,27)/t14-,16?/m0/s1. The number of urea groups is 1. The maximum atomic E-state index is 13.7. The quantitative estimate of drug-likeness (QED) is 0.727. The molecule has 0 spiro atoms. The number of benzene rings is 1. The molecule has 1 aromatic rings. The molecule has 0 bridgehead atoms. The van der Waals surface area contributed by atoms with Gasteiger partial charge in [0.1, 0.15) is 5.82 Å². The predicted octanol–water partition coefficient (Wildman–Crippen LogP) is 1.88. The number of Topliss-reactive ketones (excluding diaryl/α,β-unsaturated/α-hetero) is 1. The van der Waals surface area contributed by atoms with Crippen LogP contribution in [0.25, 0.3) is 0 Å². The number of anilines is 1. The molecule has 2 atom stereocenters. The van der Waals surface area contributed by atoms with Crippen LogP contribution in [0.5, 0.6) is 0 Å². The van der Waals surface area contributed by atoms with Gasteiger partial charge in [-0.15, -0.1) is 0 Å². The zero-order valence-corrected chi connectivity index (χ0v) is 15.7. The number of hydrogen-bond acceptors (Lipinski definition) is 4. The number of likely N-dealkylation sites (tertiary alicyclic amines) is 1. The van der Waals surface area contributed by atoms with Crippen molar-refractivity contribution in [1.82, 2.24) is 10.2 Å².